The van der Waals surface area contributed by atoms with Gasteiger partial charge in [-0.1, -0.05) is 30.0 Å². The number of anilines is 1. The smallest absolute Gasteiger partial charge is 0.234 e. The maximum absolute atomic E-state index is 13.4. The van der Waals surface area contributed by atoms with Gasteiger partial charge in [-0.15, -0.1) is 10.2 Å². The summed E-state index contributed by atoms with van der Waals surface area (Å²) in [5, 5.41) is 13.2. The molecule has 1 unspecified atom stereocenters. The molecule has 3 heterocycles. The van der Waals surface area contributed by atoms with Crippen LogP contribution in [0.2, 0.25) is 0 Å². The first-order chi connectivity index (χ1) is 16.2. The van der Waals surface area contributed by atoms with Gasteiger partial charge in [-0.25, -0.2) is 4.39 Å². The summed E-state index contributed by atoms with van der Waals surface area (Å²) < 4.78 is 21.2. The number of aromatic nitrogens is 4. The van der Waals surface area contributed by atoms with Gasteiger partial charge < -0.3 is 10.1 Å². The van der Waals surface area contributed by atoms with Crippen molar-refractivity contribution < 1.29 is 13.9 Å². The molecule has 1 N–H and O–H groups in total. The van der Waals surface area contributed by atoms with Crippen LogP contribution in [0.4, 0.5) is 10.1 Å². The van der Waals surface area contributed by atoms with Crippen molar-refractivity contribution in [3.63, 3.8) is 0 Å². The van der Waals surface area contributed by atoms with E-state index in [9.17, 15) is 9.18 Å². The molecule has 9 heteroatoms. The van der Waals surface area contributed by atoms with Crippen LogP contribution in [0.25, 0.3) is 22.3 Å². The molecule has 1 atom stereocenters. The van der Waals surface area contributed by atoms with Crippen molar-refractivity contribution >= 4 is 34.3 Å². The first-order valence-electron chi connectivity index (χ1n) is 10.7. The minimum Gasteiger partial charge on any atom is -0.376 e. The molecule has 1 amide bonds. The monoisotopic (exact) mass is 463 g/mol. The molecule has 1 aliphatic heterocycles. The molecular formula is C24H22FN5O2S. The summed E-state index contributed by atoms with van der Waals surface area (Å²) in [6, 6.07) is 15.7. The Hall–Kier alpha value is -3.30. The van der Waals surface area contributed by atoms with Crippen LogP contribution in [0.1, 0.15) is 12.8 Å². The number of hydrogen-bond donors (Lipinski definition) is 1. The summed E-state index contributed by atoms with van der Waals surface area (Å²) in [6.45, 7) is 1.32. The Morgan fingerprint density at radius 2 is 2.00 bits per heavy atom. The summed E-state index contributed by atoms with van der Waals surface area (Å²) in [7, 11) is 0. The number of amides is 1. The number of para-hydroxylation sites is 1. The quantitative estimate of drug-likeness (QED) is 0.405. The highest BCUT2D eigenvalue weighted by Gasteiger charge is 2.22. The number of halogens is 1. The SMILES string of the molecule is O=C(CSc1nnc(-c2ccc(F)cc2)n1CC1CCCO1)Nc1cccc2cccnc12. The molecule has 1 saturated heterocycles. The number of benzene rings is 2. The number of pyridine rings is 1. The molecule has 0 bridgehead atoms. The predicted molar refractivity (Wildman–Crippen MR) is 125 cm³/mol. The lowest BCUT2D eigenvalue weighted by Crippen LogP contribution is -2.18. The Morgan fingerprint density at radius 3 is 2.82 bits per heavy atom. The fourth-order valence-corrected chi connectivity index (χ4v) is 4.63. The van der Waals surface area contributed by atoms with Crippen LogP contribution in [-0.2, 0) is 16.1 Å². The van der Waals surface area contributed by atoms with E-state index in [0.717, 1.165) is 35.9 Å². The van der Waals surface area contributed by atoms with Gasteiger partial charge in [0.25, 0.3) is 0 Å². The van der Waals surface area contributed by atoms with Crippen molar-refractivity contribution in [2.24, 2.45) is 0 Å². The average Bonchev–Trinajstić information content (AvgIpc) is 3.49. The Labute approximate surface area is 194 Å². The Kier molecular flexibility index (Phi) is 6.32. The molecule has 2 aromatic carbocycles. The molecule has 168 valence electrons. The third-order valence-corrected chi connectivity index (χ3v) is 6.44. The van der Waals surface area contributed by atoms with Crippen molar-refractivity contribution in [2.75, 3.05) is 17.7 Å². The van der Waals surface area contributed by atoms with E-state index in [1.54, 1.807) is 18.3 Å². The van der Waals surface area contributed by atoms with Crippen LogP contribution >= 0.6 is 11.8 Å². The van der Waals surface area contributed by atoms with Crippen molar-refractivity contribution in [3.05, 3.63) is 66.6 Å². The zero-order valence-corrected chi connectivity index (χ0v) is 18.6. The first kappa shape index (κ1) is 21.5. The molecular weight excluding hydrogens is 441 g/mol. The molecule has 1 fully saturated rings. The highest BCUT2D eigenvalue weighted by molar-refractivity contribution is 7.99. The average molecular weight is 464 g/mol. The van der Waals surface area contributed by atoms with E-state index in [2.05, 4.69) is 20.5 Å². The second-order valence-electron chi connectivity index (χ2n) is 7.78. The summed E-state index contributed by atoms with van der Waals surface area (Å²) in [6.07, 6.45) is 3.75. The number of carbonyl (C=O) groups excluding carboxylic acids is 1. The molecule has 1 aliphatic rings. The van der Waals surface area contributed by atoms with Gasteiger partial charge in [0.05, 0.1) is 29.6 Å². The van der Waals surface area contributed by atoms with Gasteiger partial charge >= 0.3 is 0 Å². The number of hydrogen-bond acceptors (Lipinski definition) is 6. The van der Waals surface area contributed by atoms with E-state index < -0.39 is 0 Å². The van der Waals surface area contributed by atoms with Gasteiger partial charge in [0.2, 0.25) is 5.91 Å². The third kappa shape index (κ3) is 4.89. The molecule has 0 aliphatic carbocycles. The number of nitrogens with zero attached hydrogens (tertiary/aromatic N) is 4. The maximum atomic E-state index is 13.4. The van der Waals surface area contributed by atoms with Gasteiger partial charge in [-0.2, -0.15) is 0 Å². The summed E-state index contributed by atoms with van der Waals surface area (Å²) in [5.74, 6) is 0.328. The molecule has 7 nitrogen and oxygen atoms in total. The lowest BCUT2D eigenvalue weighted by Gasteiger charge is -2.15. The fraction of sp³-hybridized carbons (Fsp3) is 0.250. The van der Waals surface area contributed by atoms with Crippen molar-refractivity contribution in [3.8, 4) is 11.4 Å². The molecule has 2 aromatic heterocycles. The van der Waals surface area contributed by atoms with Crippen LogP contribution in [0.5, 0.6) is 0 Å². The van der Waals surface area contributed by atoms with Crippen LogP contribution in [0.3, 0.4) is 0 Å². The number of carbonyl (C=O) groups is 1. The summed E-state index contributed by atoms with van der Waals surface area (Å²) in [4.78, 5) is 17.1. The summed E-state index contributed by atoms with van der Waals surface area (Å²) >= 11 is 1.31. The molecule has 0 spiro atoms. The van der Waals surface area contributed by atoms with Crippen LogP contribution in [-0.4, -0.2) is 44.1 Å². The van der Waals surface area contributed by atoms with Gasteiger partial charge in [0.15, 0.2) is 11.0 Å². The van der Waals surface area contributed by atoms with E-state index >= 15 is 0 Å². The van der Waals surface area contributed by atoms with Crippen molar-refractivity contribution in [2.45, 2.75) is 30.6 Å². The zero-order valence-electron chi connectivity index (χ0n) is 17.8. The minimum absolute atomic E-state index is 0.0649. The van der Waals surface area contributed by atoms with E-state index in [1.165, 1.54) is 23.9 Å². The summed E-state index contributed by atoms with van der Waals surface area (Å²) in [5.41, 5.74) is 2.19. The highest BCUT2D eigenvalue weighted by Crippen LogP contribution is 2.27. The van der Waals surface area contributed by atoms with Gasteiger partial charge in [-0.05, 0) is 49.2 Å². The van der Waals surface area contributed by atoms with Crippen molar-refractivity contribution in [1.82, 2.24) is 19.7 Å². The topological polar surface area (TPSA) is 81.9 Å². The molecule has 0 radical (unpaired) electrons. The van der Waals surface area contributed by atoms with E-state index in [-0.39, 0.29) is 23.6 Å². The van der Waals surface area contributed by atoms with E-state index in [1.807, 2.05) is 34.9 Å². The lowest BCUT2D eigenvalue weighted by molar-refractivity contribution is -0.113. The maximum Gasteiger partial charge on any atom is 0.234 e. The molecule has 4 aromatic rings. The first-order valence-corrected chi connectivity index (χ1v) is 11.7. The number of ether oxygens (including phenoxy) is 1. The second kappa shape index (κ2) is 9.68. The number of nitrogens with one attached hydrogen (secondary N) is 1. The van der Waals surface area contributed by atoms with Gasteiger partial charge in [0.1, 0.15) is 5.82 Å². The van der Waals surface area contributed by atoms with E-state index in [4.69, 9.17) is 4.74 Å². The fourth-order valence-electron chi connectivity index (χ4n) is 3.89. The Morgan fingerprint density at radius 1 is 1.15 bits per heavy atom. The van der Waals surface area contributed by atoms with Crippen LogP contribution in [0.15, 0.2) is 66.0 Å². The zero-order chi connectivity index (χ0) is 22.6. The number of fused-ring (bicyclic) bond motifs is 1. The number of thioether (sulfide) groups is 1. The Balaban J connectivity index is 1.34. The molecule has 0 saturated carbocycles. The number of rotatable bonds is 7. The van der Waals surface area contributed by atoms with Gasteiger partial charge in [-0.3, -0.25) is 14.3 Å². The standard InChI is InChI=1S/C24H22FN5O2S/c25-18-10-8-17(9-11-18)23-28-29-24(30(23)14-19-6-3-13-32-19)33-15-21(31)27-20-7-1-4-16-5-2-12-26-22(16)20/h1-2,4-5,7-12,19H,3,6,13-15H2,(H,27,31). The van der Waals surface area contributed by atoms with E-state index in [0.29, 0.717) is 23.2 Å². The lowest BCUT2D eigenvalue weighted by atomic mass is 10.2. The van der Waals surface area contributed by atoms with Gasteiger partial charge in [0, 0.05) is 23.8 Å². The Bertz CT molecular complexity index is 1270. The largest absolute Gasteiger partial charge is 0.376 e. The highest BCUT2D eigenvalue weighted by atomic mass is 32.2. The normalized spacial score (nSPS) is 15.7. The van der Waals surface area contributed by atoms with Crippen LogP contribution < -0.4 is 5.32 Å². The van der Waals surface area contributed by atoms with Crippen LogP contribution in [0, 0.1) is 5.82 Å². The third-order valence-electron chi connectivity index (χ3n) is 5.47. The van der Waals surface area contributed by atoms with Crippen molar-refractivity contribution in [1.29, 1.82) is 0 Å². The second-order valence-corrected chi connectivity index (χ2v) is 8.72. The minimum atomic E-state index is -0.307. The molecule has 33 heavy (non-hydrogen) atoms. The molecule has 5 rings (SSSR count). The predicted octanol–water partition coefficient (Wildman–Crippen LogP) is 4.54.